The number of methoxy groups -OCH3 is 2. The minimum Gasteiger partial charge on any atom is -0.497 e. The molecule has 1 aromatic heterocycles. The third-order valence-electron chi connectivity index (χ3n) is 7.63. The number of nitrogens with one attached hydrogen (secondary N) is 1. The zero-order valence-electron chi connectivity index (χ0n) is 24.9. The fraction of sp³-hybridized carbons (Fsp3) is 0.303. The number of hydrogen-bond donors (Lipinski definition) is 1. The average Bonchev–Trinajstić information content (AvgIpc) is 3.00. The molecule has 0 radical (unpaired) electrons. The number of nitrogens with zero attached hydrogens (tertiary/aromatic N) is 5. The summed E-state index contributed by atoms with van der Waals surface area (Å²) in [5, 5.41) is 3.10. The second-order valence-corrected chi connectivity index (χ2v) is 10.5. The summed E-state index contributed by atoms with van der Waals surface area (Å²) in [7, 11) is 5.32. The van der Waals surface area contributed by atoms with Gasteiger partial charge in [0.2, 0.25) is 0 Å². The van der Waals surface area contributed by atoms with E-state index >= 15 is 0 Å². The van der Waals surface area contributed by atoms with Crippen LogP contribution in [-0.2, 0) is 6.42 Å². The van der Waals surface area contributed by atoms with Crippen LogP contribution in [-0.4, -0.2) is 68.3 Å². The Balaban J connectivity index is 1.45. The normalized spacial score (nSPS) is 13.5. The Bertz CT molecular complexity index is 1510. The molecule has 42 heavy (non-hydrogen) atoms. The molecule has 1 fully saturated rings. The second-order valence-electron chi connectivity index (χ2n) is 10.5. The second kappa shape index (κ2) is 12.9. The highest BCUT2D eigenvalue weighted by Crippen LogP contribution is 2.37. The molecule has 0 atom stereocenters. The maximum atomic E-state index is 14.0. The van der Waals surface area contributed by atoms with Crippen LogP contribution >= 0.6 is 0 Å². The van der Waals surface area contributed by atoms with Gasteiger partial charge >= 0.3 is 6.03 Å². The number of para-hydroxylation sites is 1. The molecule has 1 saturated heterocycles. The Labute approximate surface area is 247 Å². The summed E-state index contributed by atoms with van der Waals surface area (Å²) in [6.07, 6.45) is 2.22. The van der Waals surface area contributed by atoms with Crippen LogP contribution in [0.2, 0.25) is 0 Å². The van der Waals surface area contributed by atoms with Crippen LogP contribution in [0, 0.1) is 13.8 Å². The molecule has 4 aromatic rings. The molecule has 0 aliphatic carbocycles. The number of benzene rings is 3. The molecule has 1 aliphatic heterocycles. The van der Waals surface area contributed by atoms with Crippen molar-refractivity contribution in [2.45, 2.75) is 20.3 Å². The monoisotopic (exact) mass is 566 g/mol. The van der Waals surface area contributed by atoms with Crippen LogP contribution in [0.4, 0.5) is 27.7 Å². The van der Waals surface area contributed by atoms with E-state index in [1.165, 1.54) is 10.6 Å². The minimum atomic E-state index is -0.364. The number of ether oxygens (including phenoxy) is 2. The number of likely N-dealkylation sites (N-methyl/N-ethyl adjacent to an activating group) is 1. The van der Waals surface area contributed by atoms with Crippen molar-refractivity contribution in [3.8, 4) is 11.5 Å². The molecule has 1 N–H and O–H groups in total. The number of piperazine rings is 1. The van der Waals surface area contributed by atoms with Gasteiger partial charge in [-0.2, -0.15) is 0 Å². The summed E-state index contributed by atoms with van der Waals surface area (Å²) in [6, 6.07) is 21.2. The Morgan fingerprint density at radius 3 is 2.31 bits per heavy atom. The summed E-state index contributed by atoms with van der Waals surface area (Å²) in [6.45, 7) is 8.12. The molecule has 0 saturated carbocycles. The van der Waals surface area contributed by atoms with Crippen molar-refractivity contribution in [3.05, 3.63) is 95.4 Å². The standard InChI is InChI=1S/C33H38N6O3/c1-23-7-6-8-24(2)32(23)36-33(40)39(28-14-13-27(41-4)22-29(28)42-5)31-15-16-34-30(35-31)21-25-9-11-26(12-10-25)38-19-17-37(3)18-20-38/h6-16,22H,17-21H2,1-5H3,(H,36,40). The molecule has 2 heterocycles. The van der Waals surface area contributed by atoms with E-state index in [1.807, 2.05) is 32.0 Å². The maximum absolute atomic E-state index is 14.0. The summed E-state index contributed by atoms with van der Waals surface area (Å²) >= 11 is 0. The first-order valence-electron chi connectivity index (χ1n) is 14.1. The Hall–Kier alpha value is -4.63. The molecule has 3 aromatic carbocycles. The zero-order chi connectivity index (χ0) is 29.6. The van der Waals surface area contributed by atoms with Crippen LogP contribution < -0.4 is 24.6 Å². The zero-order valence-corrected chi connectivity index (χ0v) is 24.9. The van der Waals surface area contributed by atoms with E-state index in [0.717, 1.165) is 48.6 Å². The van der Waals surface area contributed by atoms with Gasteiger partial charge in [0.25, 0.3) is 0 Å². The van der Waals surface area contributed by atoms with Gasteiger partial charge < -0.3 is 24.6 Å². The predicted molar refractivity (Wildman–Crippen MR) is 168 cm³/mol. The number of amides is 2. The summed E-state index contributed by atoms with van der Waals surface area (Å²) < 4.78 is 11.1. The van der Waals surface area contributed by atoms with Crippen molar-refractivity contribution < 1.29 is 14.3 Å². The van der Waals surface area contributed by atoms with Crippen LogP contribution in [0.3, 0.4) is 0 Å². The fourth-order valence-corrected chi connectivity index (χ4v) is 5.15. The van der Waals surface area contributed by atoms with E-state index in [1.54, 1.807) is 44.7 Å². The lowest BCUT2D eigenvalue weighted by Crippen LogP contribution is -2.44. The molecule has 2 amide bonds. The smallest absolute Gasteiger partial charge is 0.332 e. The maximum Gasteiger partial charge on any atom is 0.332 e. The molecule has 9 heteroatoms. The summed E-state index contributed by atoms with van der Waals surface area (Å²) in [4.78, 5) is 29.6. The van der Waals surface area contributed by atoms with Gasteiger partial charge in [0.1, 0.15) is 23.1 Å². The molecular formula is C33H38N6O3. The molecule has 0 spiro atoms. The fourth-order valence-electron chi connectivity index (χ4n) is 5.15. The first kappa shape index (κ1) is 28.9. The van der Waals surface area contributed by atoms with Crippen LogP contribution in [0.5, 0.6) is 11.5 Å². The number of hydrogen-bond acceptors (Lipinski definition) is 7. The number of carbonyl (C=O) groups excluding carboxylic acids is 1. The van der Waals surface area contributed by atoms with E-state index in [0.29, 0.717) is 35.2 Å². The minimum absolute atomic E-state index is 0.364. The Kier molecular flexibility index (Phi) is 8.88. The molecule has 1 aliphatic rings. The molecule has 218 valence electrons. The Morgan fingerprint density at radius 2 is 1.64 bits per heavy atom. The number of anilines is 4. The molecule has 0 unspecified atom stereocenters. The lowest BCUT2D eigenvalue weighted by Gasteiger charge is -2.34. The average molecular weight is 567 g/mol. The third kappa shape index (κ3) is 6.47. The number of urea groups is 1. The highest BCUT2D eigenvalue weighted by atomic mass is 16.5. The quantitative estimate of drug-likeness (QED) is 0.288. The summed E-state index contributed by atoms with van der Waals surface area (Å²) in [5.74, 6) is 2.14. The molecule has 5 rings (SSSR count). The van der Waals surface area contributed by atoms with Crippen molar-refractivity contribution in [1.29, 1.82) is 0 Å². The van der Waals surface area contributed by atoms with E-state index in [-0.39, 0.29) is 6.03 Å². The molecular weight excluding hydrogens is 528 g/mol. The topological polar surface area (TPSA) is 83.1 Å². The van der Waals surface area contributed by atoms with Crippen molar-refractivity contribution in [2.75, 3.05) is 62.6 Å². The summed E-state index contributed by atoms with van der Waals surface area (Å²) in [5.41, 5.74) is 5.54. The van der Waals surface area contributed by atoms with Gasteiger partial charge in [0, 0.05) is 56.2 Å². The predicted octanol–water partition coefficient (Wildman–Crippen LogP) is 5.82. The number of carbonyl (C=O) groups is 1. The van der Waals surface area contributed by atoms with Gasteiger partial charge in [-0.25, -0.2) is 19.7 Å². The highest BCUT2D eigenvalue weighted by molar-refractivity contribution is 6.08. The lowest BCUT2D eigenvalue weighted by molar-refractivity contribution is 0.258. The number of aromatic nitrogens is 2. The van der Waals surface area contributed by atoms with Crippen molar-refractivity contribution >= 4 is 28.9 Å². The van der Waals surface area contributed by atoms with E-state index in [4.69, 9.17) is 14.5 Å². The van der Waals surface area contributed by atoms with Gasteiger partial charge in [0.05, 0.1) is 19.9 Å². The van der Waals surface area contributed by atoms with Crippen molar-refractivity contribution in [1.82, 2.24) is 14.9 Å². The third-order valence-corrected chi connectivity index (χ3v) is 7.63. The van der Waals surface area contributed by atoms with E-state index in [2.05, 4.69) is 51.4 Å². The van der Waals surface area contributed by atoms with Crippen molar-refractivity contribution in [2.24, 2.45) is 0 Å². The lowest BCUT2D eigenvalue weighted by atomic mass is 10.1. The van der Waals surface area contributed by atoms with Crippen molar-refractivity contribution in [3.63, 3.8) is 0 Å². The van der Waals surface area contributed by atoms with Crippen LogP contribution in [0.15, 0.2) is 72.9 Å². The largest absolute Gasteiger partial charge is 0.497 e. The number of rotatable bonds is 8. The van der Waals surface area contributed by atoms with Gasteiger partial charge in [-0.1, -0.05) is 30.3 Å². The first-order chi connectivity index (χ1) is 20.4. The van der Waals surface area contributed by atoms with Gasteiger partial charge in [0.15, 0.2) is 0 Å². The number of aryl methyl sites for hydroxylation is 2. The molecule has 0 bridgehead atoms. The van der Waals surface area contributed by atoms with Gasteiger partial charge in [-0.15, -0.1) is 0 Å². The van der Waals surface area contributed by atoms with Gasteiger partial charge in [-0.3, -0.25) is 0 Å². The van der Waals surface area contributed by atoms with Crippen LogP contribution in [0.1, 0.15) is 22.5 Å². The van der Waals surface area contributed by atoms with E-state index in [9.17, 15) is 4.79 Å². The SMILES string of the molecule is COc1ccc(N(C(=O)Nc2c(C)cccc2C)c2ccnc(Cc3ccc(N4CCN(C)CC4)cc3)n2)c(OC)c1. The Morgan fingerprint density at radius 1 is 0.929 bits per heavy atom. The molecule has 9 nitrogen and oxygen atoms in total. The first-order valence-corrected chi connectivity index (χ1v) is 14.1. The van der Waals surface area contributed by atoms with Gasteiger partial charge in [-0.05, 0) is 67.9 Å². The van der Waals surface area contributed by atoms with E-state index < -0.39 is 0 Å². The van der Waals surface area contributed by atoms with Crippen LogP contribution in [0.25, 0.3) is 0 Å². The highest BCUT2D eigenvalue weighted by Gasteiger charge is 2.25.